The van der Waals surface area contributed by atoms with Gasteiger partial charge in [0.25, 0.3) is 0 Å². The molecule has 0 heterocycles. The van der Waals surface area contributed by atoms with Gasteiger partial charge in [-0.05, 0) is 43.9 Å². The van der Waals surface area contributed by atoms with Crippen molar-refractivity contribution < 1.29 is 13.5 Å². The number of aliphatic hydroxyl groups excluding tert-OH is 1. The number of sulfonamides is 1. The fourth-order valence-corrected chi connectivity index (χ4v) is 3.54. The number of nitrogen functional groups attached to an aromatic ring is 1. The van der Waals surface area contributed by atoms with Gasteiger partial charge in [0.2, 0.25) is 10.0 Å². The van der Waals surface area contributed by atoms with Gasteiger partial charge in [-0.2, -0.15) is 0 Å². The van der Waals surface area contributed by atoms with E-state index in [4.69, 9.17) is 10.8 Å². The first-order valence-electron chi connectivity index (χ1n) is 6.86. The van der Waals surface area contributed by atoms with Crippen LogP contribution in [0.4, 0.5) is 5.69 Å². The van der Waals surface area contributed by atoms with Crippen molar-refractivity contribution in [1.29, 1.82) is 0 Å². The number of benzene rings is 1. The molecular weight excluding hydrogens is 276 g/mol. The van der Waals surface area contributed by atoms with Crippen LogP contribution < -0.4 is 10.5 Å². The van der Waals surface area contributed by atoms with Crippen LogP contribution >= 0.6 is 0 Å². The Labute approximate surface area is 121 Å². The average molecular weight is 300 g/mol. The smallest absolute Gasteiger partial charge is 0.242 e. The highest BCUT2D eigenvalue weighted by atomic mass is 32.2. The molecule has 1 aromatic carbocycles. The Balaban J connectivity index is 2.68. The molecule has 0 amide bonds. The van der Waals surface area contributed by atoms with Crippen molar-refractivity contribution in [3.63, 3.8) is 0 Å². The van der Waals surface area contributed by atoms with E-state index in [1.165, 1.54) is 0 Å². The number of anilines is 1. The molecular formula is C14H24N2O3S. The molecule has 0 aliphatic rings. The second-order valence-corrected chi connectivity index (χ2v) is 6.67. The van der Waals surface area contributed by atoms with Crippen molar-refractivity contribution in [2.75, 3.05) is 18.9 Å². The number of nitrogens with two attached hydrogens (primary N) is 1. The largest absolute Gasteiger partial charge is 0.398 e. The van der Waals surface area contributed by atoms with Crippen molar-refractivity contribution in [2.24, 2.45) is 0 Å². The van der Waals surface area contributed by atoms with Gasteiger partial charge >= 0.3 is 0 Å². The minimum atomic E-state index is -3.56. The van der Waals surface area contributed by atoms with Crippen LogP contribution in [0.15, 0.2) is 17.0 Å². The number of hydrogen-bond donors (Lipinski definition) is 3. The van der Waals surface area contributed by atoms with E-state index in [-0.39, 0.29) is 17.2 Å². The molecule has 0 radical (unpaired) electrons. The molecule has 0 bridgehead atoms. The Morgan fingerprint density at radius 3 is 2.45 bits per heavy atom. The summed E-state index contributed by atoms with van der Waals surface area (Å²) in [5, 5.41) is 8.66. The van der Waals surface area contributed by atoms with Gasteiger partial charge in [-0.1, -0.05) is 18.9 Å². The summed E-state index contributed by atoms with van der Waals surface area (Å²) in [7, 11) is -3.56. The normalized spacial score (nSPS) is 11.8. The minimum Gasteiger partial charge on any atom is -0.398 e. The van der Waals surface area contributed by atoms with Gasteiger partial charge < -0.3 is 10.8 Å². The van der Waals surface area contributed by atoms with Crippen LogP contribution in [-0.2, 0) is 10.0 Å². The maximum Gasteiger partial charge on any atom is 0.242 e. The maximum absolute atomic E-state index is 12.3. The molecule has 0 spiro atoms. The van der Waals surface area contributed by atoms with Crippen molar-refractivity contribution in [3.05, 3.63) is 23.3 Å². The molecule has 0 aliphatic heterocycles. The summed E-state index contributed by atoms with van der Waals surface area (Å²) in [5.41, 5.74) is 7.68. The number of nitrogens with one attached hydrogen (secondary N) is 1. The molecule has 1 aromatic rings. The second-order valence-electron chi connectivity index (χ2n) is 4.96. The van der Waals surface area contributed by atoms with Crippen LogP contribution in [-0.4, -0.2) is 26.7 Å². The first-order valence-corrected chi connectivity index (χ1v) is 8.34. The van der Waals surface area contributed by atoms with E-state index in [0.717, 1.165) is 31.2 Å². The average Bonchev–Trinajstić information content (AvgIpc) is 2.38. The van der Waals surface area contributed by atoms with E-state index in [0.29, 0.717) is 12.1 Å². The van der Waals surface area contributed by atoms with Crippen LogP contribution in [0, 0.1) is 13.8 Å². The molecule has 0 saturated carbocycles. The van der Waals surface area contributed by atoms with E-state index in [2.05, 4.69) is 4.72 Å². The molecule has 0 aromatic heterocycles. The first kappa shape index (κ1) is 16.9. The lowest BCUT2D eigenvalue weighted by atomic mass is 10.1. The molecule has 0 atom stereocenters. The molecule has 0 unspecified atom stereocenters. The summed E-state index contributed by atoms with van der Waals surface area (Å²) in [5.74, 6) is 0. The molecule has 0 saturated heterocycles. The fourth-order valence-electron chi connectivity index (χ4n) is 2.04. The highest BCUT2D eigenvalue weighted by molar-refractivity contribution is 7.89. The standard InChI is InChI=1S/C14H24N2O3S/c1-11-7-8-13(15)14(12(11)2)20(18,19)16-9-5-3-4-6-10-17/h7-8,16-17H,3-6,9-10,15H2,1-2H3. The van der Waals surface area contributed by atoms with Crippen molar-refractivity contribution >= 4 is 15.7 Å². The van der Waals surface area contributed by atoms with Gasteiger partial charge in [-0.15, -0.1) is 0 Å². The van der Waals surface area contributed by atoms with Gasteiger partial charge in [-0.3, -0.25) is 0 Å². The van der Waals surface area contributed by atoms with Crippen molar-refractivity contribution in [1.82, 2.24) is 4.72 Å². The van der Waals surface area contributed by atoms with Gasteiger partial charge in [0.15, 0.2) is 0 Å². The third-order valence-corrected chi connectivity index (χ3v) is 5.02. The molecule has 5 nitrogen and oxygen atoms in total. The van der Waals surface area contributed by atoms with E-state index in [1.807, 2.05) is 13.0 Å². The Morgan fingerprint density at radius 2 is 1.80 bits per heavy atom. The van der Waals surface area contributed by atoms with Gasteiger partial charge in [0, 0.05) is 13.2 Å². The van der Waals surface area contributed by atoms with Crippen molar-refractivity contribution in [2.45, 2.75) is 44.4 Å². The van der Waals surface area contributed by atoms with E-state index >= 15 is 0 Å². The van der Waals surface area contributed by atoms with Crippen LogP contribution in [0.3, 0.4) is 0 Å². The van der Waals surface area contributed by atoms with Gasteiger partial charge in [0.1, 0.15) is 4.90 Å². The summed E-state index contributed by atoms with van der Waals surface area (Å²) in [6.45, 7) is 4.20. The molecule has 0 fully saturated rings. The lowest BCUT2D eigenvalue weighted by molar-refractivity contribution is 0.282. The summed E-state index contributed by atoms with van der Waals surface area (Å²) in [6.07, 6.45) is 3.32. The lowest BCUT2D eigenvalue weighted by Crippen LogP contribution is -2.26. The van der Waals surface area contributed by atoms with Gasteiger partial charge in [0.05, 0.1) is 5.69 Å². The van der Waals surface area contributed by atoms with Crippen molar-refractivity contribution in [3.8, 4) is 0 Å². The third-order valence-electron chi connectivity index (χ3n) is 3.35. The van der Waals surface area contributed by atoms with Crippen LogP contribution in [0.1, 0.15) is 36.8 Å². The predicted molar refractivity (Wildman–Crippen MR) is 81.1 cm³/mol. The first-order chi connectivity index (χ1) is 9.40. The molecule has 0 aliphatic carbocycles. The Hall–Kier alpha value is -1.11. The monoisotopic (exact) mass is 300 g/mol. The number of aryl methyl sites for hydroxylation is 1. The van der Waals surface area contributed by atoms with E-state index < -0.39 is 10.0 Å². The summed E-state index contributed by atoms with van der Waals surface area (Å²) in [4.78, 5) is 0.188. The zero-order valence-corrected chi connectivity index (χ0v) is 13.0. The molecule has 4 N–H and O–H groups in total. The van der Waals surface area contributed by atoms with E-state index in [9.17, 15) is 8.42 Å². The summed E-state index contributed by atoms with van der Waals surface area (Å²) < 4.78 is 27.2. The van der Waals surface area contributed by atoms with E-state index in [1.54, 1.807) is 13.0 Å². The highest BCUT2D eigenvalue weighted by Crippen LogP contribution is 2.24. The molecule has 20 heavy (non-hydrogen) atoms. The van der Waals surface area contributed by atoms with Crippen LogP contribution in [0.5, 0.6) is 0 Å². The summed E-state index contributed by atoms with van der Waals surface area (Å²) in [6, 6.07) is 3.44. The Bertz CT molecular complexity index is 542. The fraction of sp³-hybridized carbons (Fsp3) is 0.571. The Kier molecular flexibility index (Phi) is 6.45. The summed E-state index contributed by atoms with van der Waals surface area (Å²) >= 11 is 0. The molecule has 1 rings (SSSR count). The predicted octanol–water partition coefficient (Wildman–Crippen LogP) is 1.72. The number of aliphatic hydroxyl groups is 1. The second kappa shape index (κ2) is 7.61. The number of hydrogen-bond acceptors (Lipinski definition) is 4. The zero-order chi connectivity index (χ0) is 15.2. The van der Waals surface area contributed by atoms with Crippen LogP contribution in [0.2, 0.25) is 0 Å². The minimum absolute atomic E-state index is 0.185. The van der Waals surface area contributed by atoms with Crippen LogP contribution in [0.25, 0.3) is 0 Å². The zero-order valence-electron chi connectivity index (χ0n) is 12.1. The third kappa shape index (κ3) is 4.47. The SMILES string of the molecule is Cc1ccc(N)c(S(=O)(=O)NCCCCCCO)c1C. The molecule has 114 valence electrons. The maximum atomic E-state index is 12.3. The molecule has 6 heteroatoms. The number of unbranched alkanes of at least 4 members (excludes halogenated alkanes) is 3. The Morgan fingerprint density at radius 1 is 1.15 bits per heavy atom. The number of rotatable bonds is 8. The lowest BCUT2D eigenvalue weighted by Gasteiger charge is -2.13. The quantitative estimate of drug-likeness (QED) is 0.503. The topological polar surface area (TPSA) is 92.4 Å². The van der Waals surface area contributed by atoms with Gasteiger partial charge in [-0.25, -0.2) is 13.1 Å². The highest BCUT2D eigenvalue weighted by Gasteiger charge is 2.20.